The SMILES string of the molecule is CCC(N)Cc1ccc(N(C)CC2CCCN2C)cc1. The van der Waals surface area contributed by atoms with Crippen molar-refractivity contribution in [1.82, 2.24) is 4.90 Å². The van der Waals surface area contributed by atoms with E-state index in [1.54, 1.807) is 0 Å². The second kappa shape index (κ2) is 7.09. The van der Waals surface area contributed by atoms with Gasteiger partial charge in [-0.2, -0.15) is 0 Å². The first kappa shape index (κ1) is 15.3. The lowest BCUT2D eigenvalue weighted by Crippen LogP contribution is -2.36. The maximum Gasteiger partial charge on any atom is 0.0364 e. The van der Waals surface area contributed by atoms with Crippen molar-refractivity contribution in [2.24, 2.45) is 5.73 Å². The molecule has 1 aromatic carbocycles. The number of rotatable bonds is 6. The molecule has 1 saturated heterocycles. The van der Waals surface area contributed by atoms with Crippen molar-refractivity contribution in [2.75, 3.05) is 32.1 Å². The molecule has 0 radical (unpaired) electrons. The summed E-state index contributed by atoms with van der Waals surface area (Å²) >= 11 is 0. The van der Waals surface area contributed by atoms with E-state index in [-0.39, 0.29) is 6.04 Å². The van der Waals surface area contributed by atoms with Crippen LogP contribution in [0.4, 0.5) is 5.69 Å². The summed E-state index contributed by atoms with van der Waals surface area (Å²) in [4.78, 5) is 4.85. The van der Waals surface area contributed by atoms with E-state index >= 15 is 0 Å². The molecule has 0 bridgehead atoms. The van der Waals surface area contributed by atoms with Crippen LogP contribution in [0.3, 0.4) is 0 Å². The zero-order valence-corrected chi connectivity index (χ0v) is 13.2. The number of likely N-dealkylation sites (N-methyl/N-ethyl adjacent to an activating group) is 2. The molecule has 112 valence electrons. The van der Waals surface area contributed by atoms with Gasteiger partial charge in [-0.1, -0.05) is 19.1 Å². The van der Waals surface area contributed by atoms with E-state index in [2.05, 4.69) is 55.1 Å². The molecular formula is C17H29N3. The van der Waals surface area contributed by atoms with Crippen molar-refractivity contribution < 1.29 is 0 Å². The van der Waals surface area contributed by atoms with Crippen molar-refractivity contribution in [3.05, 3.63) is 29.8 Å². The molecule has 2 unspecified atom stereocenters. The van der Waals surface area contributed by atoms with Crippen LogP contribution in [-0.2, 0) is 6.42 Å². The first-order valence-corrected chi connectivity index (χ1v) is 7.86. The van der Waals surface area contributed by atoms with Crippen LogP contribution in [0.2, 0.25) is 0 Å². The fraction of sp³-hybridized carbons (Fsp3) is 0.647. The molecule has 0 aromatic heterocycles. The van der Waals surface area contributed by atoms with E-state index in [1.807, 2.05) is 0 Å². The van der Waals surface area contributed by atoms with E-state index in [9.17, 15) is 0 Å². The molecule has 2 rings (SSSR count). The highest BCUT2D eigenvalue weighted by Gasteiger charge is 2.22. The van der Waals surface area contributed by atoms with Gasteiger partial charge in [0.05, 0.1) is 0 Å². The molecule has 2 N–H and O–H groups in total. The molecule has 1 aliphatic heterocycles. The molecule has 0 amide bonds. The van der Waals surface area contributed by atoms with Crippen molar-refractivity contribution in [2.45, 2.75) is 44.7 Å². The van der Waals surface area contributed by atoms with E-state index in [4.69, 9.17) is 5.73 Å². The second-order valence-corrected chi connectivity index (χ2v) is 6.20. The molecule has 2 atom stereocenters. The highest BCUT2D eigenvalue weighted by Crippen LogP contribution is 2.20. The van der Waals surface area contributed by atoms with Crippen molar-refractivity contribution in [3.63, 3.8) is 0 Å². The molecule has 0 spiro atoms. The van der Waals surface area contributed by atoms with Crippen LogP contribution in [-0.4, -0.2) is 44.2 Å². The van der Waals surface area contributed by atoms with E-state index in [0.29, 0.717) is 6.04 Å². The molecule has 1 aliphatic rings. The van der Waals surface area contributed by atoms with Gasteiger partial charge in [-0.05, 0) is 57.0 Å². The lowest BCUT2D eigenvalue weighted by atomic mass is 10.0. The third-order valence-electron chi connectivity index (χ3n) is 4.56. The van der Waals surface area contributed by atoms with Gasteiger partial charge < -0.3 is 15.5 Å². The number of hydrogen-bond donors (Lipinski definition) is 1. The largest absolute Gasteiger partial charge is 0.373 e. The Hall–Kier alpha value is -1.06. The standard InChI is InChI=1S/C17H29N3/c1-4-15(18)12-14-7-9-16(10-8-14)20(3)13-17-6-5-11-19(17)2/h7-10,15,17H,4-6,11-13,18H2,1-3H3. The quantitative estimate of drug-likeness (QED) is 0.866. The molecule has 1 aromatic rings. The Balaban J connectivity index is 1.91. The number of nitrogens with two attached hydrogens (primary N) is 1. The van der Waals surface area contributed by atoms with Crippen molar-refractivity contribution >= 4 is 5.69 Å². The molecule has 0 saturated carbocycles. The van der Waals surface area contributed by atoms with Crippen LogP contribution in [0.1, 0.15) is 31.7 Å². The normalized spacial score (nSPS) is 21.1. The maximum absolute atomic E-state index is 6.01. The summed E-state index contributed by atoms with van der Waals surface area (Å²) in [6.45, 7) is 4.50. The minimum absolute atomic E-state index is 0.283. The van der Waals surface area contributed by atoms with Crippen LogP contribution >= 0.6 is 0 Å². The average Bonchev–Trinajstić information content (AvgIpc) is 2.85. The Kier molecular flexibility index (Phi) is 5.44. The first-order valence-electron chi connectivity index (χ1n) is 7.86. The monoisotopic (exact) mass is 275 g/mol. The van der Waals surface area contributed by atoms with Gasteiger partial charge in [0.25, 0.3) is 0 Å². The first-order chi connectivity index (χ1) is 9.60. The summed E-state index contributed by atoms with van der Waals surface area (Å²) < 4.78 is 0. The minimum Gasteiger partial charge on any atom is -0.373 e. The molecule has 20 heavy (non-hydrogen) atoms. The van der Waals surface area contributed by atoms with Gasteiger partial charge in [-0.15, -0.1) is 0 Å². The number of nitrogens with zero attached hydrogens (tertiary/aromatic N) is 2. The van der Waals surface area contributed by atoms with Crippen LogP contribution in [0.25, 0.3) is 0 Å². The van der Waals surface area contributed by atoms with Crippen molar-refractivity contribution in [1.29, 1.82) is 0 Å². The van der Waals surface area contributed by atoms with Crippen LogP contribution < -0.4 is 10.6 Å². The number of likely N-dealkylation sites (tertiary alicyclic amines) is 1. The van der Waals surface area contributed by atoms with Crippen LogP contribution in [0, 0.1) is 0 Å². The Morgan fingerprint density at radius 2 is 2.05 bits per heavy atom. The summed E-state index contributed by atoms with van der Waals surface area (Å²) in [5.74, 6) is 0. The fourth-order valence-corrected chi connectivity index (χ4v) is 2.97. The van der Waals surface area contributed by atoms with Crippen LogP contribution in [0.15, 0.2) is 24.3 Å². The molecular weight excluding hydrogens is 246 g/mol. The summed E-state index contributed by atoms with van der Waals surface area (Å²) in [7, 11) is 4.43. The lowest BCUT2D eigenvalue weighted by Gasteiger charge is -2.27. The minimum atomic E-state index is 0.283. The lowest BCUT2D eigenvalue weighted by molar-refractivity contribution is 0.314. The van der Waals surface area contributed by atoms with Crippen LogP contribution in [0.5, 0.6) is 0 Å². The number of benzene rings is 1. The van der Waals surface area contributed by atoms with Crippen molar-refractivity contribution in [3.8, 4) is 0 Å². The number of hydrogen-bond acceptors (Lipinski definition) is 3. The van der Waals surface area contributed by atoms with E-state index in [1.165, 1.54) is 30.6 Å². The summed E-state index contributed by atoms with van der Waals surface area (Å²) in [5, 5.41) is 0. The maximum atomic E-state index is 6.01. The number of anilines is 1. The summed E-state index contributed by atoms with van der Waals surface area (Å²) in [5.41, 5.74) is 8.66. The van der Waals surface area contributed by atoms with E-state index in [0.717, 1.165) is 19.4 Å². The third-order valence-corrected chi connectivity index (χ3v) is 4.56. The predicted molar refractivity (Wildman–Crippen MR) is 87.3 cm³/mol. The van der Waals surface area contributed by atoms with Gasteiger partial charge >= 0.3 is 0 Å². The topological polar surface area (TPSA) is 32.5 Å². The molecule has 3 nitrogen and oxygen atoms in total. The van der Waals surface area contributed by atoms with Gasteiger partial charge in [0, 0.05) is 31.4 Å². The van der Waals surface area contributed by atoms with Gasteiger partial charge in [0.1, 0.15) is 0 Å². The zero-order chi connectivity index (χ0) is 14.5. The second-order valence-electron chi connectivity index (χ2n) is 6.20. The fourth-order valence-electron chi connectivity index (χ4n) is 2.97. The highest BCUT2D eigenvalue weighted by molar-refractivity contribution is 5.47. The molecule has 1 heterocycles. The molecule has 1 fully saturated rings. The smallest absolute Gasteiger partial charge is 0.0364 e. The molecule has 3 heteroatoms. The van der Waals surface area contributed by atoms with E-state index < -0.39 is 0 Å². The Bertz CT molecular complexity index is 401. The van der Waals surface area contributed by atoms with Gasteiger partial charge in [0.15, 0.2) is 0 Å². The Morgan fingerprint density at radius 1 is 1.35 bits per heavy atom. The summed E-state index contributed by atoms with van der Waals surface area (Å²) in [6.07, 6.45) is 4.68. The summed E-state index contributed by atoms with van der Waals surface area (Å²) in [6, 6.07) is 9.89. The predicted octanol–water partition coefficient (Wildman–Crippen LogP) is 2.50. The van der Waals surface area contributed by atoms with Gasteiger partial charge in [0.2, 0.25) is 0 Å². The zero-order valence-electron chi connectivity index (χ0n) is 13.2. The third kappa shape index (κ3) is 3.97. The Labute approximate surface area is 123 Å². The highest BCUT2D eigenvalue weighted by atomic mass is 15.2. The average molecular weight is 275 g/mol. The van der Waals surface area contributed by atoms with Gasteiger partial charge in [-0.25, -0.2) is 0 Å². The van der Waals surface area contributed by atoms with Gasteiger partial charge in [-0.3, -0.25) is 0 Å². The molecule has 0 aliphatic carbocycles. The Morgan fingerprint density at radius 3 is 2.60 bits per heavy atom.